The second kappa shape index (κ2) is 12.1. The Morgan fingerprint density at radius 3 is 2.18 bits per heavy atom. The lowest BCUT2D eigenvalue weighted by Gasteiger charge is -2.32. The summed E-state index contributed by atoms with van der Waals surface area (Å²) in [7, 11) is 0. The quantitative estimate of drug-likeness (QED) is 0.456. The minimum atomic E-state index is -0.844. The van der Waals surface area contributed by atoms with Gasteiger partial charge in [0.15, 0.2) is 0 Å². The topological polar surface area (TPSA) is 49.4 Å². The summed E-state index contributed by atoms with van der Waals surface area (Å²) in [5.41, 5.74) is 1.83. The van der Waals surface area contributed by atoms with E-state index in [1.54, 1.807) is 30.3 Å². The zero-order valence-corrected chi connectivity index (χ0v) is 19.5. The van der Waals surface area contributed by atoms with Gasteiger partial charge < -0.3 is 10.2 Å². The van der Waals surface area contributed by atoms with Crippen LogP contribution in [0.15, 0.2) is 78.9 Å². The minimum absolute atomic E-state index is 0.0311. The molecule has 1 N–H and O–H groups in total. The van der Waals surface area contributed by atoms with E-state index in [9.17, 15) is 18.4 Å². The Hall–Kier alpha value is -3.54. The highest BCUT2D eigenvalue weighted by molar-refractivity contribution is 5.89. The molecule has 4 nitrogen and oxygen atoms in total. The van der Waals surface area contributed by atoms with Crippen LogP contribution >= 0.6 is 0 Å². The molecule has 0 aliphatic heterocycles. The van der Waals surface area contributed by atoms with Crippen LogP contribution < -0.4 is 5.32 Å². The average molecular weight is 465 g/mol. The number of carbonyl (C=O) groups excluding carboxylic acids is 2. The highest BCUT2D eigenvalue weighted by atomic mass is 19.1. The number of benzene rings is 3. The summed E-state index contributed by atoms with van der Waals surface area (Å²) in [4.78, 5) is 28.4. The molecule has 0 radical (unpaired) electrons. The van der Waals surface area contributed by atoms with Crippen LogP contribution in [-0.4, -0.2) is 28.8 Å². The first-order valence-electron chi connectivity index (χ1n) is 11.5. The third-order valence-electron chi connectivity index (χ3n) is 5.84. The van der Waals surface area contributed by atoms with Crippen LogP contribution in [0.2, 0.25) is 0 Å². The molecule has 178 valence electrons. The van der Waals surface area contributed by atoms with Gasteiger partial charge in [-0.3, -0.25) is 9.59 Å². The van der Waals surface area contributed by atoms with E-state index >= 15 is 0 Å². The molecule has 0 fully saturated rings. The van der Waals surface area contributed by atoms with Crippen LogP contribution in [0.3, 0.4) is 0 Å². The van der Waals surface area contributed by atoms with Gasteiger partial charge in [0.05, 0.1) is 6.42 Å². The van der Waals surface area contributed by atoms with Crippen molar-refractivity contribution in [1.29, 1.82) is 0 Å². The summed E-state index contributed by atoms with van der Waals surface area (Å²) >= 11 is 0. The first-order valence-corrected chi connectivity index (χ1v) is 11.5. The van der Waals surface area contributed by atoms with E-state index in [0.717, 1.165) is 12.0 Å². The van der Waals surface area contributed by atoms with Crippen LogP contribution in [-0.2, 0) is 29.0 Å². The van der Waals surface area contributed by atoms with Gasteiger partial charge in [-0.25, -0.2) is 8.78 Å². The second-order valence-electron chi connectivity index (χ2n) is 8.44. The minimum Gasteiger partial charge on any atom is -0.352 e. The molecule has 0 saturated heterocycles. The predicted octanol–water partition coefficient (Wildman–Crippen LogP) is 5.06. The first kappa shape index (κ1) is 25.1. The second-order valence-corrected chi connectivity index (χ2v) is 8.44. The van der Waals surface area contributed by atoms with Crippen molar-refractivity contribution >= 4 is 11.8 Å². The molecule has 0 saturated carbocycles. The maximum absolute atomic E-state index is 14.6. The van der Waals surface area contributed by atoms with Gasteiger partial charge in [-0.05, 0) is 42.7 Å². The van der Waals surface area contributed by atoms with Gasteiger partial charge in [0, 0.05) is 24.6 Å². The van der Waals surface area contributed by atoms with Crippen molar-refractivity contribution in [1.82, 2.24) is 10.2 Å². The van der Waals surface area contributed by atoms with Crippen LogP contribution in [0.1, 0.15) is 37.0 Å². The third-order valence-corrected chi connectivity index (χ3v) is 5.84. The lowest BCUT2D eigenvalue weighted by atomic mass is 10.0. The van der Waals surface area contributed by atoms with E-state index in [0.29, 0.717) is 11.1 Å². The van der Waals surface area contributed by atoms with Gasteiger partial charge in [0.1, 0.15) is 17.7 Å². The van der Waals surface area contributed by atoms with Crippen molar-refractivity contribution < 1.29 is 18.4 Å². The highest BCUT2D eigenvalue weighted by Gasteiger charge is 2.31. The molecule has 3 aromatic carbocycles. The maximum atomic E-state index is 14.6. The van der Waals surface area contributed by atoms with Gasteiger partial charge in [-0.2, -0.15) is 0 Å². The number of rotatable bonds is 10. The maximum Gasteiger partial charge on any atom is 0.243 e. The molecule has 6 heteroatoms. The average Bonchev–Trinajstić information content (AvgIpc) is 2.84. The summed E-state index contributed by atoms with van der Waals surface area (Å²) in [5, 5.41) is 2.98. The number of hydrogen-bond acceptors (Lipinski definition) is 2. The molecule has 2 atom stereocenters. The molecule has 0 unspecified atom stereocenters. The lowest BCUT2D eigenvalue weighted by molar-refractivity contribution is -0.141. The highest BCUT2D eigenvalue weighted by Crippen LogP contribution is 2.18. The Bertz CT molecular complexity index is 1090. The van der Waals surface area contributed by atoms with Crippen molar-refractivity contribution in [2.75, 3.05) is 0 Å². The normalized spacial score (nSPS) is 12.6. The fraction of sp³-hybridized carbons (Fsp3) is 0.286. The van der Waals surface area contributed by atoms with Crippen molar-refractivity contribution in [3.05, 3.63) is 107 Å². The molecule has 34 heavy (non-hydrogen) atoms. The molecular weight excluding hydrogens is 434 g/mol. The molecular formula is C28H30F2N2O2. The Morgan fingerprint density at radius 1 is 0.882 bits per heavy atom. The molecule has 0 aromatic heterocycles. The molecule has 0 aliphatic rings. The summed E-state index contributed by atoms with van der Waals surface area (Å²) in [6.07, 6.45) is 0.990. The molecule has 2 amide bonds. The molecule has 0 spiro atoms. The standard InChI is InChI=1S/C28H30F2N2O2/c1-3-20(2)31-28(34)26(17-21-9-5-4-6-10-21)32(19-23-11-7-8-12-25(23)30)27(33)18-22-13-15-24(29)16-14-22/h4-16,20,26H,3,17-19H2,1-2H3,(H,31,34)/t20-,26+/m0/s1. The van der Waals surface area contributed by atoms with Gasteiger partial charge in [-0.15, -0.1) is 0 Å². The number of amides is 2. The Balaban J connectivity index is 1.97. The molecule has 0 heterocycles. The van der Waals surface area contributed by atoms with E-state index in [-0.39, 0.29) is 37.2 Å². The van der Waals surface area contributed by atoms with E-state index in [1.807, 2.05) is 44.2 Å². The summed E-state index contributed by atoms with van der Waals surface area (Å²) in [6, 6.07) is 20.4. The number of halogens is 2. The number of nitrogens with zero attached hydrogens (tertiary/aromatic N) is 1. The first-order chi connectivity index (χ1) is 16.4. The van der Waals surface area contributed by atoms with Crippen molar-refractivity contribution in [3.63, 3.8) is 0 Å². The van der Waals surface area contributed by atoms with E-state index in [1.165, 1.54) is 23.1 Å². The van der Waals surface area contributed by atoms with Gasteiger partial charge in [-0.1, -0.05) is 67.6 Å². The number of nitrogens with one attached hydrogen (secondary N) is 1. The van der Waals surface area contributed by atoms with Crippen molar-refractivity contribution in [3.8, 4) is 0 Å². The van der Waals surface area contributed by atoms with Crippen LogP contribution in [0.4, 0.5) is 8.78 Å². The van der Waals surface area contributed by atoms with Crippen LogP contribution in [0.5, 0.6) is 0 Å². The fourth-order valence-corrected chi connectivity index (χ4v) is 3.68. The number of hydrogen-bond donors (Lipinski definition) is 1. The van der Waals surface area contributed by atoms with Crippen LogP contribution in [0.25, 0.3) is 0 Å². The lowest BCUT2D eigenvalue weighted by Crippen LogP contribution is -2.52. The summed E-state index contributed by atoms with van der Waals surface area (Å²) in [5.74, 6) is -1.46. The van der Waals surface area contributed by atoms with Crippen molar-refractivity contribution in [2.24, 2.45) is 0 Å². The summed E-state index contributed by atoms with van der Waals surface area (Å²) < 4.78 is 27.9. The fourth-order valence-electron chi connectivity index (χ4n) is 3.68. The molecule has 0 bridgehead atoms. The van der Waals surface area contributed by atoms with Gasteiger partial charge in [0.2, 0.25) is 11.8 Å². The van der Waals surface area contributed by atoms with E-state index in [2.05, 4.69) is 5.32 Å². The molecule has 3 aromatic rings. The van der Waals surface area contributed by atoms with Crippen LogP contribution in [0, 0.1) is 11.6 Å². The number of carbonyl (C=O) groups is 2. The monoisotopic (exact) mass is 464 g/mol. The summed E-state index contributed by atoms with van der Waals surface area (Å²) in [6.45, 7) is 3.81. The third kappa shape index (κ3) is 6.98. The Labute approximate surface area is 199 Å². The zero-order valence-electron chi connectivity index (χ0n) is 19.5. The van der Waals surface area contributed by atoms with E-state index < -0.39 is 17.7 Å². The van der Waals surface area contributed by atoms with Gasteiger partial charge >= 0.3 is 0 Å². The zero-order chi connectivity index (χ0) is 24.5. The molecule has 3 rings (SSSR count). The SMILES string of the molecule is CC[C@H](C)NC(=O)[C@@H](Cc1ccccc1)N(Cc1ccccc1F)C(=O)Cc1ccc(F)cc1. The molecule has 0 aliphatic carbocycles. The van der Waals surface area contributed by atoms with Gasteiger partial charge in [0.25, 0.3) is 0 Å². The van der Waals surface area contributed by atoms with Crippen molar-refractivity contribution in [2.45, 2.75) is 51.7 Å². The van der Waals surface area contributed by atoms with E-state index in [4.69, 9.17) is 0 Å². The predicted molar refractivity (Wildman–Crippen MR) is 129 cm³/mol. The largest absolute Gasteiger partial charge is 0.352 e. The Morgan fingerprint density at radius 2 is 1.53 bits per heavy atom. The Kier molecular flexibility index (Phi) is 8.91. The smallest absolute Gasteiger partial charge is 0.243 e.